The zero-order valence-electron chi connectivity index (χ0n) is 11.4. The number of aliphatic carboxylic acids is 2. The lowest BCUT2D eigenvalue weighted by Crippen LogP contribution is -2.43. The third-order valence-corrected chi connectivity index (χ3v) is 2.15. The van der Waals surface area contributed by atoms with E-state index in [4.69, 9.17) is 10.2 Å². The fourth-order valence-corrected chi connectivity index (χ4v) is 1.23. The molecule has 0 aromatic carbocycles. The fourth-order valence-electron chi connectivity index (χ4n) is 1.23. The minimum absolute atomic E-state index is 0.0294. The second-order valence-electron chi connectivity index (χ2n) is 3.91. The summed E-state index contributed by atoms with van der Waals surface area (Å²) >= 11 is 0. The quantitative estimate of drug-likeness (QED) is 0.639. The Kier molecular flexibility index (Phi) is 8.31. The molecule has 21 heavy (non-hydrogen) atoms. The van der Waals surface area contributed by atoms with Gasteiger partial charge >= 0.3 is 17.9 Å². The van der Waals surface area contributed by atoms with Crippen molar-refractivity contribution >= 4 is 17.9 Å². The van der Waals surface area contributed by atoms with Crippen molar-refractivity contribution in [1.29, 1.82) is 0 Å². The first-order valence-electron chi connectivity index (χ1n) is 6.00. The van der Waals surface area contributed by atoms with Crippen LogP contribution in [0.2, 0.25) is 0 Å². The minimum atomic E-state index is -2.61. The molecule has 0 aliphatic rings. The third-order valence-electron chi connectivity index (χ3n) is 2.15. The number of carbonyl (C=O) groups is 3. The number of carbonyl (C=O) groups excluding carboxylic acids is 1. The molecule has 0 amide bonds. The van der Waals surface area contributed by atoms with E-state index < -0.39 is 36.4 Å². The fraction of sp³-hybridized carbons (Fsp3) is 0.385. The molecule has 1 unspecified atom stereocenters. The second kappa shape index (κ2) is 9.43. The number of rotatable bonds is 6. The largest absolute Gasteiger partial charge is 0.481 e. The van der Waals surface area contributed by atoms with Crippen LogP contribution in [0.4, 0.5) is 0 Å². The van der Waals surface area contributed by atoms with Crippen molar-refractivity contribution in [3.63, 3.8) is 0 Å². The molecule has 0 aliphatic heterocycles. The van der Waals surface area contributed by atoms with Crippen LogP contribution in [0.15, 0.2) is 30.6 Å². The zero-order chi connectivity index (χ0) is 16.3. The van der Waals surface area contributed by atoms with E-state index in [1.807, 2.05) is 18.2 Å². The van der Waals surface area contributed by atoms with E-state index in [0.717, 1.165) is 0 Å². The van der Waals surface area contributed by atoms with E-state index in [1.165, 1.54) is 6.92 Å². The van der Waals surface area contributed by atoms with Crippen molar-refractivity contribution in [3.8, 4) is 0 Å². The molecule has 1 aromatic heterocycles. The molecule has 0 saturated carbocycles. The van der Waals surface area contributed by atoms with Gasteiger partial charge in [0.05, 0.1) is 19.4 Å². The molecule has 0 bridgehead atoms. The Balaban J connectivity index is 0.000000547. The molecule has 0 saturated heterocycles. The third kappa shape index (κ3) is 8.32. The topological polar surface area (TPSA) is 134 Å². The van der Waals surface area contributed by atoms with Crippen LogP contribution < -0.4 is 0 Å². The van der Waals surface area contributed by atoms with Crippen molar-refractivity contribution in [2.75, 3.05) is 6.61 Å². The molecular formula is C13H17NO7. The number of carboxylic acid groups (broad SMARTS) is 2. The van der Waals surface area contributed by atoms with Gasteiger partial charge in [-0.3, -0.25) is 14.6 Å². The molecule has 0 spiro atoms. The van der Waals surface area contributed by atoms with Crippen molar-refractivity contribution < 1.29 is 34.4 Å². The summed E-state index contributed by atoms with van der Waals surface area (Å²) in [5.74, 6) is -4.23. The average Bonchev–Trinajstić information content (AvgIpc) is 2.40. The lowest BCUT2D eigenvalue weighted by Gasteiger charge is -2.19. The summed E-state index contributed by atoms with van der Waals surface area (Å²) in [5, 5.41) is 26.3. The number of ether oxygens (including phenoxy) is 1. The SMILES string of the molecule is CCOC(=O)CC(O)(CC(=O)O)C(=O)O.c1ccncc1. The number of aliphatic hydroxyl groups is 1. The van der Waals surface area contributed by atoms with Gasteiger partial charge in [0.2, 0.25) is 0 Å². The predicted octanol–water partition coefficient (Wildman–Crippen LogP) is 0.312. The highest BCUT2D eigenvalue weighted by Crippen LogP contribution is 2.16. The zero-order valence-corrected chi connectivity index (χ0v) is 11.4. The first kappa shape index (κ1) is 18.5. The lowest BCUT2D eigenvalue weighted by atomic mass is 9.96. The standard InChI is InChI=1S/C8H12O7.C5H5N/c1-2-15-6(11)4-8(14,7(12)13)3-5(9)10;1-2-4-6-5-3-1/h14H,2-4H2,1H3,(H,9,10)(H,12,13);1-5H. The normalized spacial score (nSPS) is 12.3. The molecule has 1 aromatic rings. The van der Waals surface area contributed by atoms with Crippen LogP contribution >= 0.6 is 0 Å². The van der Waals surface area contributed by atoms with Crippen LogP contribution in [0.5, 0.6) is 0 Å². The van der Waals surface area contributed by atoms with Crippen LogP contribution in [0, 0.1) is 0 Å². The number of aromatic nitrogens is 1. The number of carboxylic acids is 2. The van der Waals surface area contributed by atoms with Crippen LogP contribution in [0.25, 0.3) is 0 Å². The summed E-state index contributed by atoms with van der Waals surface area (Å²) in [4.78, 5) is 35.5. The lowest BCUT2D eigenvalue weighted by molar-refractivity contribution is -0.171. The van der Waals surface area contributed by atoms with Crippen LogP contribution in [0.1, 0.15) is 19.8 Å². The number of nitrogens with zero attached hydrogens (tertiary/aromatic N) is 1. The van der Waals surface area contributed by atoms with Crippen molar-refractivity contribution in [1.82, 2.24) is 4.98 Å². The summed E-state index contributed by atoms with van der Waals surface area (Å²) in [5.41, 5.74) is -2.61. The van der Waals surface area contributed by atoms with E-state index in [0.29, 0.717) is 0 Å². The van der Waals surface area contributed by atoms with E-state index in [1.54, 1.807) is 12.4 Å². The average molecular weight is 299 g/mol. The molecule has 1 heterocycles. The summed E-state index contributed by atoms with van der Waals surface area (Å²) in [6.45, 7) is 1.54. The maximum absolute atomic E-state index is 10.9. The van der Waals surface area contributed by atoms with Crippen LogP contribution in [-0.4, -0.2) is 50.4 Å². The Bertz CT molecular complexity index is 436. The van der Waals surface area contributed by atoms with Gasteiger partial charge in [-0.2, -0.15) is 0 Å². The molecule has 8 nitrogen and oxygen atoms in total. The highest BCUT2D eigenvalue weighted by atomic mass is 16.5. The Morgan fingerprint density at radius 3 is 1.95 bits per heavy atom. The van der Waals surface area contributed by atoms with Gasteiger partial charge < -0.3 is 20.1 Å². The van der Waals surface area contributed by atoms with Crippen LogP contribution in [0.3, 0.4) is 0 Å². The van der Waals surface area contributed by atoms with Crippen molar-refractivity contribution in [3.05, 3.63) is 30.6 Å². The molecule has 1 atom stereocenters. The number of hydrogen-bond acceptors (Lipinski definition) is 6. The van der Waals surface area contributed by atoms with E-state index in [2.05, 4.69) is 9.72 Å². The van der Waals surface area contributed by atoms with Gasteiger partial charge in [0.25, 0.3) is 0 Å². The number of pyridine rings is 1. The first-order chi connectivity index (χ1) is 9.81. The Labute approximate surface area is 121 Å². The molecule has 116 valence electrons. The maximum Gasteiger partial charge on any atom is 0.336 e. The van der Waals surface area contributed by atoms with Gasteiger partial charge in [0.15, 0.2) is 5.60 Å². The van der Waals surface area contributed by atoms with Crippen LogP contribution in [-0.2, 0) is 19.1 Å². The van der Waals surface area contributed by atoms with Gasteiger partial charge in [-0.1, -0.05) is 6.07 Å². The van der Waals surface area contributed by atoms with Gasteiger partial charge in [-0.15, -0.1) is 0 Å². The molecule has 0 aliphatic carbocycles. The Hall–Kier alpha value is -2.48. The Morgan fingerprint density at radius 2 is 1.67 bits per heavy atom. The summed E-state index contributed by atoms with van der Waals surface area (Å²) in [7, 11) is 0. The molecule has 0 fully saturated rings. The molecule has 8 heteroatoms. The van der Waals surface area contributed by atoms with Gasteiger partial charge in [-0.05, 0) is 19.1 Å². The molecule has 3 N–H and O–H groups in total. The highest BCUT2D eigenvalue weighted by molar-refractivity contribution is 5.88. The summed E-state index contributed by atoms with van der Waals surface area (Å²) in [6, 6.07) is 5.72. The predicted molar refractivity (Wildman–Crippen MR) is 70.3 cm³/mol. The number of hydrogen-bond donors (Lipinski definition) is 3. The number of esters is 1. The van der Waals surface area contributed by atoms with Gasteiger partial charge in [-0.25, -0.2) is 4.79 Å². The minimum Gasteiger partial charge on any atom is -0.481 e. The Morgan fingerprint density at radius 1 is 1.10 bits per heavy atom. The maximum atomic E-state index is 10.9. The highest BCUT2D eigenvalue weighted by Gasteiger charge is 2.41. The molecular weight excluding hydrogens is 282 g/mol. The summed E-state index contributed by atoms with van der Waals surface area (Å²) in [6.07, 6.45) is 1.56. The van der Waals surface area contributed by atoms with Gasteiger partial charge in [0.1, 0.15) is 0 Å². The first-order valence-corrected chi connectivity index (χ1v) is 6.00. The monoisotopic (exact) mass is 299 g/mol. The second-order valence-corrected chi connectivity index (χ2v) is 3.91. The van der Waals surface area contributed by atoms with Crippen molar-refractivity contribution in [2.45, 2.75) is 25.4 Å². The van der Waals surface area contributed by atoms with E-state index >= 15 is 0 Å². The molecule has 0 radical (unpaired) electrons. The smallest absolute Gasteiger partial charge is 0.336 e. The van der Waals surface area contributed by atoms with Gasteiger partial charge in [0, 0.05) is 12.4 Å². The van der Waals surface area contributed by atoms with E-state index in [9.17, 15) is 19.5 Å². The van der Waals surface area contributed by atoms with Crippen molar-refractivity contribution in [2.24, 2.45) is 0 Å². The molecule has 1 rings (SSSR count). The van der Waals surface area contributed by atoms with E-state index in [-0.39, 0.29) is 6.61 Å². The summed E-state index contributed by atoms with van der Waals surface area (Å²) < 4.78 is 4.41.